The van der Waals surface area contributed by atoms with Crippen LogP contribution in [0.25, 0.3) is 0 Å². The first-order valence-electron chi connectivity index (χ1n) is 6.52. The Morgan fingerprint density at radius 3 is 2.90 bits per heavy atom. The van der Waals surface area contributed by atoms with E-state index in [1.807, 2.05) is 25.1 Å². The minimum absolute atomic E-state index is 0.118. The van der Waals surface area contributed by atoms with E-state index >= 15 is 0 Å². The molecule has 0 bridgehead atoms. The van der Waals surface area contributed by atoms with Crippen molar-refractivity contribution < 1.29 is 14.4 Å². The molecule has 1 aliphatic heterocycles. The molecular weight excluding hydrogens is 290 g/mol. The van der Waals surface area contributed by atoms with Gasteiger partial charge in [0.05, 0.1) is 29.4 Å². The molecule has 1 unspecified atom stereocenters. The summed E-state index contributed by atoms with van der Waals surface area (Å²) in [5.74, 6) is 0.291. The molecular formula is C14H15N3O3S. The molecule has 7 heteroatoms. The van der Waals surface area contributed by atoms with Crippen molar-refractivity contribution in [3.63, 3.8) is 0 Å². The summed E-state index contributed by atoms with van der Waals surface area (Å²) >= 11 is 0. The number of benzene rings is 1. The standard InChI is InChI=1S/C14H15N3O3S/c1-2-21(20)12-5-3-4-10-9(12)7-17(8-15-10)11-6-13(18)16-14(11)19/h3-6,8,16,18-19H,2,7H2,1H3. The van der Waals surface area contributed by atoms with E-state index in [0.717, 1.165) is 16.1 Å². The Balaban J connectivity index is 2.02. The molecule has 21 heavy (non-hydrogen) atoms. The largest absolute Gasteiger partial charge is 0.494 e. The molecule has 0 fully saturated rings. The number of H-pyrrole nitrogens is 1. The molecule has 1 aromatic carbocycles. The van der Waals surface area contributed by atoms with Crippen LogP contribution in [0, 0.1) is 0 Å². The maximum Gasteiger partial charge on any atom is 0.215 e. The Kier molecular flexibility index (Phi) is 3.42. The first kappa shape index (κ1) is 13.7. The van der Waals surface area contributed by atoms with Gasteiger partial charge in [-0.05, 0) is 12.1 Å². The van der Waals surface area contributed by atoms with Crippen LogP contribution < -0.4 is 4.90 Å². The fraction of sp³-hybridized carbons (Fsp3) is 0.214. The summed E-state index contributed by atoms with van der Waals surface area (Å²) < 4.78 is 12.1. The number of hydrogen-bond acceptors (Lipinski definition) is 5. The predicted molar refractivity (Wildman–Crippen MR) is 81.8 cm³/mol. The van der Waals surface area contributed by atoms with Crippen LogP contribution in [0.15, 0.2) is 34.2 Å². The number of aromatic hydroxyl groups is 2. The molecule has 0 spiro atoms. The van der Waals surface area contributed by atoms with Crippen LogP contribution in [-0.4, -0.2) is 31.5 Å². The quantitative estimate of drug-likeness (QED) is 0.811. The highest BCUT2D eigenvalue weighted by atomic mass is 32.2. The summed E-state index contributed by atoms with van der Waals surface area (Å²) in [5, 5.41) is 19.2. The molecule has 110 valence electrons. The van der Waals surface area contributed by atoms with Gasteiger partial charge in [0.2, 0.25) is 5.88 Å². The van der Waals surface area contributed by atoms with Crippen molar-refractivity contribution in [3.05, 3.63) is 29.8 Å². The van der Waals surface area contributed by atoms with Gasteiger partial charge in [-0.25, -0.2) is 4.99 Å². The van der Waals surface area contributed by atoms with Gasteiger partial charge in [-0.1, -0.05) is 13.0 Å². The van der Waals surface area contributed by atoms with Gasteiger partial charge in [0, 0.05) is 22.3 Å². The van der Waals surface area contributed by atoms with E-state index in [2.05, 4.69) is 9.98 Å². The molecule has 0 amide bonds. The fourth-order valence-electron chi connectivity index (χ4n) is 2.33. The fourth-order valence-corrected chi connectivity index (χ4v) is 3.32. The third-order valence-electron chi connectivity index (χ3n) is 3.35. The lowest BCUT2D eigenvalue weighted by atomic mass is 10.1. The Morgan fingerprint density at radius 1 is 1.43 bits per heavy atom. The number of aromatic amines is 1. The average Bonchev–Trinajstić information content (AvgIpc) is 2.84. The van der Waals surface area contributed by atoms with E-state index in [4.69, 9.17) is 0 Å². The third-order valence-corrected chi connectivity index (χ3v) is 4.75. The molecule has 0 aliphatic carbocycles. The Labute approximate surface area is 124 Å². The molecule has 2 aromatic rings. The molecule has 0 saturated heterocycles. The van der Waals surface area contributed by atoms with Gasteiger partial charge in [-0.3, -0.25) is 9.19 Å². The van der Waals surface area contributed by atoms with Gasteiger partial charge in [-0.15, -0.1) is 0 Å². The molecule has 0 radical (unpaired) electrons. The second kappa shape index (κ2) is 5.25. The van der Waals surface area contributed by atoms with E-state index in [0.29, 0.717) is 18.0 Å². The van der Waals surface area contributed by atoms with Crippen molar-refractivity contribution in [2.75, 3.05) is 10.7 Å². The first-order valence-corrected chi connectivity index (χ1v) is 7.84. The van der Waals surface area contributed by atoms with E-state index < -0.39 is 10.8 Å². The highest BCUT2D eigenvalue weighted by molar-refractivity contribution is 7.85. The zero-order chi connectivity index (χ0) is 15.0. The average molecular weight is 305 g/mol. The number of fused-ring (bicyclic) bond motifs is 1. The number of nitrogens with one attached hydrogen (secondary N) is 1. The number of nitrogens with zero attached hydrogens (tertiary/aromatic N) is 2. The van der Waals surface area contributed by atoms with Crippen LogP contribution in [0.3, 0.4) is 0 Å². The number of anilines is 1. The van der Waals surface area contributed by atoms with Crippen molar-refractivity contribution in [1.29, 1.82) is 0 Å². The van der Waals surface area contributed by atoms with E-state index in [1.165, 1.54) is 6.07 Å². The van der Waals surface area contributed by atoms with Crippen molar-refractivity contribution >= 4 is 28.5 Å². The van der Waals surface area contributed by atoms with Gasteiger partial charge in [0.25, 0.3) is 0 Å². The zero-order valence-electron chi connectivity index (χ0n) is 11.4. The van der Waals surface area contributed by atoms with Gasteiger partial charge >= 0.3 is 0 Å². The van der Waals surface area contributed by atoms with Crippen molar-refractivity contribution in [2.45, 2.75) is 18.4 Å². The van der Waals surface area contributed by atoms with Crippen molar-refractivity contribution in [3.8, 4) is 11.8 Å². The third kappa shape index (κ3) is 2.40. The van der Waals surface area contributed by atoms with Crippen LogP contribution in [0.2, 0.25) is 0 Å². The second-order valence-electron chi connectivity index (χ2n) is 4.65. The van der Waals surface area contributed by atoms with Gasteiger partial charge in [0.15, 0.2) is 5.88 Å². The van der Waals surface area contributed by atoms with Crippen LogP contribution in [0.1, 0.15) is 12.5 Å². The topological polar surface area (TPSA) is 88.9 Å². The zero-order valence-corrected chi connectivity index (χ0v) is 12.2. The van der Waals surface area contributed by atoms with Crippen LogP contribution in [0.4, 0.5) is 11.4 Å². The molecule has 0 saturated carbocycles. The SMILES string of the molecule is CCS(=O)c1cccc2c1CN(c1cc(O)[nH]c1O)C=N2. The lowest BCUT2D eigenvalue weighted by Gasteiger charge is -2.24. The monoisotopic (exact) mass is 305 g/mol. The summed E-state index contributed by atoms with van der Waals surface area (Å²) in [6, 6.07) is 6.97. The van der Waals surface area contributed by atoms with Crippen molar-refractivity contribution in [2.24, 2.45) is 4.99 Å². The van der Waals surface area contributed by atoms with Crippen molar-refractivity contribution in [1.82, 2.24) is 4.98 Å². The number of hydrogen-bond donors (Lipinski definition) is 3. The highest BCUT2D eigenvalue weighted by Crippen LogP contribution is 2.36. The summed E-state index contributed by atoms with van der Waals surface area (Å²) in [6.45, 7) is 2.31. The van der Waals surface area contributed by atoms with Gasteiger partial charge in [0.1, 0.15) is 5.69 Å². The number of aromatic nitrogens is 1. The molecule has 3 N–H and O–H groups in total. The maximum atomic E-state index is 12.1. The van der Waals surface area contributed by atoms with E-state index in [9.17, 15) is 14.4 Å². The second-order valence-corrected chi connectivity index (χ2v) is 6.36. The normalized spacial score (nSPS) is 15.0. The molecule has 1 aliphatic rings. The summed E-state index contributed by atoms with van der Waals surface area (Å²) in [6.07, 6.45) is 1.59. The summed E-state index contributed by atoms with van der Waals surface area (Å²) in [4.78, 5) is 9.22. The predicted octanol–water partition coefficient (Wildman–Crippen LogP) is 2.23. The minimum atomic E-state index is -1.07. The van der Waals surface area contributed by atoms with E-state index in [1.54, 1.807) is 11.2 Å². The van der Waals surface area contributed by atoms with Gasteiger partial charge in [-0.2, -0.15) is 0 Å². The molecule has 1 aromatic heterocycles. The molecule has 2 heterocycles. The first-order chi connectivity index (χ1) is 10.1. The lowest BCUT2D eigenvalue weighted by molar-refractivity contribution is 0.425. The maximum absolute atomic E-state index is 12.1. The summed E-state index contributed by atoms with van der Waals surface area (Å²) in [7, 11) is -1.07. The summed E-state index contributed by atoms with van der Waals surface area (Å²) in [5.41, 5.74) is 2.09. The lowest BCUT2D eigenvalue weighted by Crippen LogP contribution is -2.24. The van der Waals surface area contributed by atoms with E-state index in [-0.39, 0.29) is 11.8 Å². The Morgan fingerprint density at radius 2 is 2.24 bits per heavy atom. The minimum Gasteiger partial charge on any atom is -0.494 e. The van der Waals surface area contributed by atoms with Crippen LogP contribution >= 0.6 is 0 Å². The van der Waals surface area contributed by atoms with Crippen LogP contribution in [-0.2, 0) is 17.3 Å². The van der Waals surface area contributed by atoms with Gasteiger partial charge < -0.3 is 15.1 Å². The Hall–Kier alpha value is -2.28. The number of aliphatic imine (C=N–C) groups is 1. The molecule has 6 nitrogen and oxygen atoms in total. The molecule has 1 atom stereocenters. The Bertz CT molecular complexity index is 739. The van der Waals surface area contributed by atoms with Crippen LogP contribution in [0.5, 0.6) is 11.8 Å². The smallest absolute Gasteiger partial charge is 0.215 e. The highest BCUT2D eigenvalue weighted by Gasteiger charge is 2.21. The number of rotatable bonds is 3. The molecule has 3 rings (SSSR count).